The largest absolute Gasteiger partial charge is 0.294 e. The van der Waals surface area contributed by atoms with Crippen LogP contribution in [0.5, 0.6) is 0 Å². The maximum Gasteiger partial charge on any atom is 0.162 e. The molecule has 3 nitrogen and oxygen atoms in total. The normalized spacial score (nSPS) is 10.6. The molecular formula is C12H10BrClN2O. The third-order valence-corrected chi connectivity index (χ3v) is 3.29. The Labute approximate surface area is 113 Å². The van der Waals surface area contributed by atoms with Gasteiger partial charge in [0.2, 0.25) is 0 Å². The lowest BCUT2D eigenvalue weighted by Gasteiger charge is -2.07. The van der Waals surface area contributed by atoms with Gasteiger partial charge in [-0.1, -0.05) is 27.5 Å². The van der Waals surface area contributed by atoms with Crippen LogP contribution in [0.2, 0.25) is 5.02 Å². The summed E-state index contributed by atoms with van der Waals surface area (Å²) in [5, 5.41) is 4.86. The van der Waals surface area contributed by atoms with Crippen molar-refractivity contribution >= 4 is 33.3 Å². The lowest BCUT2D eigenvalue weighted by Crippen LogP contribution is -2.04. The number of carbonyl (C=O) groups is 1. The molecule has 0 atom stereocenters. The first-order valence-electron chi connectivity index (χ1n) is 5.01. The zero-order valence-electron chi connectivity index (χ0n) is 9.37. The first kappa shape index (κ1) is 12.3. The van der Waals surface area contributed by atoms with Gasteiger partial charge in [0.05, 0.1) is 16.4 Å². The van der Waals surface area contributed by atoms with Gasteiger partial charge in [-0.25, -0.2) is 4.68 Å². The van der Waals surface area contributed by atoms with Gasteiger partial charge >= 0.3 is 0 Å². The van der Waals surface area contributed by atoms with Crippen LogP contribution in [0.4, 0.5) is 0 Å². The van der Waals surface area contributed by atoms with Gasteiger partial charge in [0.1, 0.15) is 0 Å². The van der Waals surface area contributed by atoms with E-state index in [2.05, 4.69) is 21.0 Å². The first-order valence-corrected chi connectivity index (χ1v) is 6.19. The van der Waals surface area contributed by atoms with Crippen molar-refractivity contribution in [2.75, 3.05) is 0 Å². The number of Topliss-reactive ketones (excluding diaryl/α,β-unsaturated/α-hetero) is 1. The first-order chi connectivity index (χ1) is 7.99. The second-order valence-corrected chi connectivity index (χ2v) is 5.05. The van der Waals surface area contributed by atoms with Gasteiger partial charge < -0.3 is 0 Å². The van der Waals surface area contributed by atoms with Crippen molar-refractivity contribution in [3.05, 3.63) is 45.1 Å². The number of hydrogen-bond donors (Lipinski definition) is 0. The van der Waals surface area contributed by atoms with Crippen LogP contribution in [0.1, 0.15) is 23.0 Å². The Kier molecular flexibility index (Phi) is 3.35. The smallest absolute Gasteiger partial charge is 0.162 e. The maximum atomic E-state index is 11.6. The minimum absolute atomic E-state index is 0.00873. The molecule has 0 saturated heterocycles. The number of hydrogen-bond acceptors (Lipinski definition) is 2. The molecule has 0 spiro atoms. The van der Waals surface area contributed by atoms with E-state index < -0.39 is 0 Å². The van der Waals surface area contributed by atoms with Gasteiger partial charge in [-0.05, 0) is 32.0 Å². The molecule has 1 aromatic carbocycles. The van der Waals surface area contributed by atoms with E-state index in [1.807, 2.05) is 19.1 Å². The molecule has 1 aromatic heterocycles. The number of benzene rings is 1. The highest BCUT2D eigenvalue weighted by molar-refractivity contribution is 9.10. The molecule has 2 aromatic rings. The number of nitrogens with zero attached hydrogens (tertiary/aromatic N) is 2. The zero-order valence-corrected chi connectivity index (χ0v) is 11.7. The number of aromatic nitrogens is 2. The summed E-state index contributed by atoms with van der Waals surface area (Å²) < 4.78 is 2.49. The Bertz CT molecular complexity index is 573. The molecule has 0 amide bonds. The van der Waals surface area contributed by atoms with Crippen LogP contribution in [0.15, 0.2) is 28.9 Å². The van der Waals surface area contributed by atoms with Crippen molar-refractivity contribution < 1.29 is 4.79 Å². The Morgan fingerprint density at radius 1 is 1.47 bits per heavy atom. The summed E-state index contributed by atoms with van der Waals surface area (Å²) in [6.07, 6.45) is 1.70. The summed E-state index contributed by atoms with van der Waals surface area (Å²) in [4.78, 5) is 11.6. The highest BCUT2D eigenvalue weighted by atomic mass is 79.9. The van der Waals surface area contributed by atoms with Crippen LogP contribution < -0.4 is 0 Å². The molecule has 0 bridgehead atoms. The summed E-state index contributed by atoms with van der Waals surface area (Å²) in [6, 6.07) is 5.48. The molecular weight excluding hydrogens is 304 g/mol. The second-order valence-electron chi connectivity index (χ2n) is 3.72. The van der Waals surface area contributed by atoms with Crippen molar-refractivity contribution in [3.63, 3.8) is 0 Å². The monoisotopic (exact) mass is 312 g/mol. The Morgan fingerprint density at radius 2 is 2.18 bits per heavy atom. The van der Waals surface area contributed by atoms with Gasteiger partial charge in [0.25, 0.3) is 0 Å². The lowest BCUT2D eigenvalue weighted by molar-refractivity contribution is 0.101. The van der Waals surface area contributed by atoms with Gasteiger partial charge in [0, 0.05) is 16.2 Å². The lowest BCUT2D eigenvalue weighted by atomic mass is 10.1. The number of carbonyl (C=O) groups excluding carboxylic acids is 1. The highest BCUT2D eigenvalue weighted by Gasteiger charge is 2.12. The molecule has 5 heteroatoms. The predicted molar refractivity (Wildman–Crippen MR) is 71.0 cm³/mol. The van der Waals surface area contributed by atoms with Crippen molar-refractivity contribution in [3.8, 4) is 5.69 Å². The summed E-state index contributed by atoms with van der Waals surface area (Å²) in [7, 11) is 0. The standard InChI is InChI=1S/C12H10BrClN2O/c1-7-11(14)6-16(15-7)12-4-3-9(13)5-10(12)8(2)17/h3-6H,1-2H3. The molecule has 88 valence electrons. The quantitative estimate of drug-likeness (QED) is 0.790. The second kappa shape index (κ2) is 4.63. The average Bonchev–Trinajstić information content (AvgIpc) is 2.59. The van der Waals surface area contributed by atoms with Crippen LogP contribution in [0, 0.1) is 6.92 Å². The fraction of sp³-hybridized carbons (Fsp3) is 0.167. The fourth-order valence-corrected chi connectivity index (χ4v) is 2.04. The minimum Gasteiger partial charge on any atom is -0.294 e. The molecule has 1 heterocycles. The van der Waals surface area contributed by atoms with E-state index in [9.17, 15) is 4.79 Å². The molecule has 2 rings (SSSR count). The maximum absolute atomic E-state index is 11.6. The van der Waals surface area contributed by atoms with E-state index in [0.29, 0.717) is 10.6 Å². The third kappa shape index (κ3) is 2.42. The molecule has 0 radical (unpaired) electrons. The van der Waals surface area contributed by atoms with Gasteiger partial charge in [-0.3, -0.25) is 4.79 Å². The highest BCUT2D eigenvalue weighted by Crippen LogP contribution is 2.22. The summed E-state index contributed by atoms with van der Waals surface area (Å²) in [6.45, 7) is 3.36. The van der Waals surface area contributed by atoms with E-state index in [0.717, 1.165) is 15.9 Å². The zero-order chi connectivity index (χ0) is 12.6. The fourth-order valence-electron chi connectivity index (χ4n) is 1.55. The summed E-state index contributed by atoms with van der Waals surface area (Å²) in [5.74, 6) is -0.00873. The van der Waals surface area contributed by atoms with Crippen LogP contribution in [-0.4, -0.2) is 15.6 Å². The van der Waals surface area contributed by atoms with Crippen LogP contribution in [0.3, 0.4) is 0 Å². The van der Waals surface area contributed by atoms with Gasteiger partial charge in [0.15, 0.2) is 5.78 Å². The third-order valence-electron chi connectivity index (χ3n) is 2.42. The van der Waals surface area contributed by atoms with E-state index >= 15 is 0 Å². The van der Waals surface area contributed by atoms with Crippen molar-refractivity contribution in [1.29, 1.82) is 0 Å². The Balaban J connectivity index is 2.62. The molecule has 0 saturated carbocycles. The number of ketones is 1. The van der Waals surface area contributed by atoms with Gasteiger partial charge in [-0.2, -0.15) is 5.10 Å². The molecule has 17 heavy (non-hydrogen) atoms. The molecule has 0 aliphatic carbocycles. The van der Waals surface area contributed by atoms with E-state index in [1.165, 1.54) is 6.92 Å². The topological polar surface area (TPSA) is 34.9 Å². The predicted octanol–water partition coefficient (Wildman–Crippen LogP) is 3.80. The van der Waals surface area contributed by atoms with Crippen LogP contribution in [0.25, 0.3) is 5.69 Å². The van der Waals surface area contributed by atoms with E-state index in [4.69, 9.17) is 11.6 Å². The summed E-state index contributed by atoms with van der Waals surface area (Å²) in [5.41, 5.74) is 2.08. The van der Waals surface area contributed by atoms with Crippen LogP contribution >= 0.6 is 27.5 Å². The van der Waals surface area contributed by atoms with Gasteiger partial charge in [-0.15, -0.1) is 0 Å². The average molecular weight is 314 g/mol. The molecule has 0 N–H and O–H groups in total. The molecule has 0 fully saturated rings. The van der Waals surface area contributed by atoms with E-state index in [-0.39, 0.29) is 5.78 Å². The number of rotatable bonds is 2. The van der Waals surface area contributed by atoms with E-state index in [1.54, 1.807) is 16.9 Å². The molecule has 0 unspecified atom stereocenters. The van der Waals surface area contributed by atoms with Crippen molar-refractivity contribution in [2.45, 2.75) is 13.8 Å². The Hall–Kier alpha value is -1.13. The van der Waals surface area contributed by atoms with Crippen molar-refractivity contribution in [1.82, 2.24) is 9.78 Å². The number of aryl methyl sites for hydroxylation is 1. The molecule has 0 aliphatic heterocycles. The SMILES string of the molecule is CC(=O)c1cc(Br)ccc1-n1cc(Cl)c(C)n1. The van der Waals surface area contributed by atoms with Crippen molar-refractivity contribution in [2.24, 2.45) is 0 Å². The minimum atomic E-state index is -0.00873. The number of halogens is 2. The molecule has 0 aliphatic rings. The summed E-state index contributed by atoms with van der Waals surface area (Å²) >= 11 is 9.31. The Morgan fingerprint density at radius 3 is 2.71 bits per heavy atom. The van der Waals surface area contributed by atoms with Crippen LogP contribution in [-0.2, 0) is 0 Å².